The van der Waals surface area contributed by atoms with E-state index in [0.717, 1.165) is 5.56 Å². The van der Waals surface area contributed by atoms with Crippen LogP contribution in [0.4, 0.5) is 8.78 Å². The Kier molecular flexibility index (Phi) is 3.56. The molecule has 2 fully saturated rings. The van der Waals surface area contributed by atoms with Gasteiger partial charge >= 0.3 is 0 Å². The molecule has 2 saturated heterocycles. The van der Waals surface area contributed by atoms with Crippen LogP contribution >= 0.6 is 0 Å². The lowest BCUT2D eigenvalue weighted by Gasteiger charge is -2.36. The van der Waals surface area contributed by atoms with Crippen molar-refractivity contribution in [3.63, 3.8) is 0 Å². The van der Waals surface area contributed by atoms with Crippen LogP contribution in [0.5, 0.6) is 0 Å². The van der Waals surface area contributed by atoms with Gasteiger partial charge in [-0.2, -0.15) is 0 Å². The van der Waals surface area contributed by atoms with Gasteiger partial charge < -0.3 is 5.32 Å². The van der Waals surface area contributed by atoms with Gasteiger partial charge in [0, 0.05) is 32.5 Å². The molecule has 1 aromatic rings. The van der Waals surface area contributed by atoms with E-state index in [1.165, 1.54) is 0 Å². The first kappa shape index (κ1) is 13.6. The van der Waals surface area contributed by atoms with E-state index in [1.54, 1.807) is 0 Å². The highest BCUT2D eigenvalue weighted by atomic mass is 19.3. The highest BCUT2D eigenvalue weighted by molar-refractivity contribution is 5.92. The molecule has 3 rings (SSSR count). The molecule has 2 heterocycles. The van der Waals surface area contributed by atoms with E-state index in [9.17, 15) is 13.6 Å². The lowest BCUT2D eigenvalue weighted by atomic mass is 9.95. The van der Waals surface area contributed by atoms with Gasteiger partial charge in [0.05, 0.1) is 12.1 Å². The van der Waals surface area contributed by atoms with Crippen molar-refractivity contribution in [3.05, 3.63) is 35.9 Å². The fourth-order valence-corrected chi connectivity index (χ4v) is 2.75. The summed E-state index contributed by atoms with van der Waals surface area (Å²) in [6.07, 6.45) is -0.330. The fourth-order valence-electron chi connectivity index (χ4n) is 2.75. The summed E-state index contributed by atoms with van der Waals surface area (Å²) in [6.45, 7) is 1.24. The number of carbonyl (C=O) groups is 1. The van der Waals surface area contributed by atoms with Crippen molar-refractivity contribution in [1.29, 1.82) is 0 Å². The molecule has 0 aliphatic carbocycles. The van der Waals surface area contributed by atoms with E-state index in [4.69, 9.17) is 0 Å². The summed E-state index contributed by atoms with van der Waals surface area (Å²) in [4.78, 5) is 14.4. The molecule has 0 aromatic heterocycles. The molecule has 2 unspecified atom stereocenters. The highest BCUT2D eigenvalue weighted by Gasteiger charge is 2.42. The van der Waals surface area contributed by atoms with E-state index in [0.29, 0.717) is 6.54 Å². The smallest absolute Gasteiger partial charge is 0.250 e. The number of Topliss-reactive ketones (excluding diaryl/α,β-unsaturated/α-hetero) is 1. The van der Waals surface area contributed by atoms with Crippen LogP contribution in [0.25, 0.3) is 0 Å². The molecule has 2 atom stereocenters. The molecule has 0 amide bonds. The molecule has 0 bridgehead atoms. The maximum Gasteiger partial charge on any atom is 0.250 e. The van der Waals surface area contributed by atoms with E-state index >= 15 is 0 Å². The molecule has 0 radical (unpaired) electrons. The molecule has 1 N–H and O–H groups in total. The van der Waals surface area contributed by atoms with Crippen molar-refractivity contribution in [2.75, 3.05) is 19.6 Å². The summed E-state index contributed by atoms with van der Waals surface area (Å²) in [5.74, 6) is -2.49. The summed E-state index contributed by atoms with van der Waals surface area (Å²) >= 11 is 0. The van der Waals surface area contributed by atoms with Gasteiger partial charge in [0.15, 0.2) is 5.78 Å². The van der Waals surface area contributed by atoms with Crippen LogP contribution in [0.15, 0.2) is 30.3 Å². The lowest BCUT2D eigenvalue weighted by molar-refractivity contribution is -0.127. The summed E-state index contributed by atoms with van der Waals surface area (Å²) in [5, 5.41) is 3.02. The largest absolute Gasteiger partial charge is 0.304 e. The second kappa shape index (κ2) is 5.22. The third kappa shape index (κ3) is 2.88. The number of piperidine rings is 1. The molecule has 2 aliphatic rings. The van der Waals surface area contributed by atoms with Crippen LogP contribution in [0.3, 0.4) is 0 Å². The Morgan fingerprint density at radius 1 is 1.25 bits per heavy atom. The van der Waals surface area contributed by atoms with Crippen molar-refractivity contribution < 1.29 is 13.6 Å². The SMILES string of the molecule is O=C(C1CN1)C(c1ccccc1)N1CCC(F)(F)CC1. The minimum absolute atomic E-state index is 0.0985. The van der Waals surface area contributed by atoms with Crippen LogP contribution in [0.2, 0.25) is 0 Å². The number of rotatable bonds is 4. The van der Waals surface area contributed by atoms with Gasteiger partial charge in [0.2, 0.25) is 0 Å². The Labute approximate surface area is 117 Å². The van der Waals surface area contributed by atoms with E-state index in [1.807, 2.05) is 35.2 Å². The Morgan fingerprint density at radius 2 is 1.85 bits per heavy atom. The van der Waals surface area contributed by atoms with Crippen molar-refractivity contribution in [3.8, 4) is 0 Å². The first-order valence-corrected chi connectivity index (χ1v) is 7.01. The number of nitrogens with zero attached hydrogens (tertiary/aromatic N) is 1. The van der Waals surface area contributed by atoms with Crippen LogP contribution in [0, 0.1) is 0 Å². The second-order valence-corrected chi connectivity index (χ2v) is 5.57. The molecule has 5 heteroatoms. The normalized spacial score (nSPS) is 27.0. The van der Waals surface area contributed by atoms with Crippen molar-refractivity contribution in [2.45, 2.75) is 30.8 Å². The monoisotopic (exact) mass is 280 g/mol. The standard InChI is InChI=1S/C15H18F2N2O/c16-15(17)6-8-19(9-7-15)13(14(20)12-10-18-12)11-4-2-1-3-5-11/h1-5,12-13,18H,6-10H2. The molecule has 3 nitrogen and oxygen atoms in total. The van der Waals surface area contributed by atoms with Crippen LogP contribution in [0.1, 0.15) is 24.4 Å². The Balaban J connectivity index is 1.81. The Bertz CT molecular complexity index is 478. The van der Waals surface area contributed by atoms with Crippen LogP contribution in [-0.2, 0) is 4.79 Å². The zero-order valence-electron chi connectivity index (χ0n) is 11.2. The minimum atomic E-state index is -2.58. The average Bonchev–Trinajstić information content (AvgIpc) is 3.26. The molecule has 108 valence electrons. The molecular weight excluding hydrogens is 262 g/mol. The zero-order valence-corrected chi connectivity index (χ0v) is 11.2. The van der Waals surface area contributed by atoms with Gasteiger partial charge in [0.25, 0.3) is 5.92 Å². The Morgan fingerprint density at radius 3 is 2.40 bits per heavy atom. The Hall–Kier alpha value is -1.33. The summed E-state index contributed by atoms with van der Waals surface area (Å²) in [5.41, 5.74) is 0.899. The zero-order chi connectivity index (χ0) is 14.2. The van der Waals surface area contributed by atoms with Gasteiger partial charge in [-0.1, -0.05) is 30.3 Å². The first-order valence-electron chi connectivity index (χ1n) is 7.01. The minimum Gasteiger partial charge on any atom is -0.304 e. The van der Waals surface area contributed by atoms with Crippen molar-refractivity contribution >= 4 is 5.78 Å². The van der Waals surface area contributed by atoms with E-state index in [-0.39, 0.29) is 37.8 Å². The molecule has 0 spiro atoms. The number of benzene rings is 1. The quantitative estimate of drug-likeness (QED) is 0.858. The second-order valence-electron chi connectivity index (χ2n) is 5.57. The summed E-state index contributed by atoms with van der Waals surface area (Å²) in [6, 6.07) is 8.96. The number of halogens is 2. The van der Waals surface area contributed by atoms with Gasteiger partial charge in [-0.05, 0) is 5.56 Å². The number of ketones is 1. The number of nitrogens with one attached hydrogen (secondary N) is 1. The molecule has 0 saturated carbocycles. The maximum atomic E-state index is 13.3. The number of hydrogen-bond acceptors (Lipinski definition) is 3. The highest BCUT2D eigenvalue weighted by Crippen LogP contribution is 2.33. The predicted octanol–water partition coefficient (Wildman–Crippen LogP) is 2.00. The van der Waals surface area contributed by atoms with E-state index in [2.05, 4.69) is 5.32 Å². The predicted molar refractivity (Wildman–Crippen MR) is 71.7 cm³/mol. The summed E-state index contributed by atoms with van der Waals surface area (Å²) < 4.78 is 26.6. The van der Waals surface area contributed by atoms with E-state index < -0.39 is 12.0 Å². The first-order chi connectivity index (χ1) is 9.57. The van der Waals surface area contributed by atoms with Gasteiger partial charge in [-0.25, -0.2) is 8.78 Å². The topological polar surface area (TPSA) is 42.3 Å². The third-order valence-corrected chi connectivity index (χ3v) is 4.03. The maximum absolute atomic E-state index is 13.3. The van der Waals surface area contributed by atoms with Gasteiger partial charge in [-0.3, -0.25) is 9.69 Å². The molecule has 1 aromatic carbocycles. The lowest BCUT2D eigenvalue weighted by Crippen LogP contribution is -2.45. The average molecular weight is 280 g/mol. The van der Waals surface area contributed by atoms with Gasteiger partial charge in [-0.15, -0.1) is 0 Å². The molecule has 20 heavy (non-hydrogen) atoms. The van der Waals surface area contributed by atoms with Gasteiger partial charge in [0.1, 0.15) is 0 Å². The summed E-state index contributed by atoms with van der Waals surface area (Å²) in [7, 11) is 0. The van der Waals surface area contributed by atoms with Crippen LogP contribution < -0.4 is 5.32 Å². The van der Waals surface area contributed by atoms with Crippen LogP contribution in [-0.4, -0.2) is 42.3 Å². The number of likely N-dealkylation sites (tertiary alicyclic amines) is 1. The fraction of sp³-hybridized carbons (Fsp3) is 0.533. The molecule has 2 aliphatic heterocycles. The van der Waals surface area contributed by atoms with Crippen molar-refractivity contribution in [1.82, 2.24) is 10.2 Å². The molecular formula is C15H18F2N2O. The number of hydrogen-bond donors (Lipinski definition) is 1. The van der Waals surface area contributed by atoms with Crippen molar-refractivity contribution in [2.24, 2.45) is 0 Å². The third-order valence-electron chi connectivity index (χ3n) is 4.03. The number of carbonyl (C=O) groups excluding carboxylic acids is 1. The number of alkyl halides is 2.